The highest BCUT2D eigenvalue weighted by atomic mass is 15.0. The highest BCUT2D eigenvalue weighted by Crippen LogP contribution is 2.26. The number of hydrogen-bond acceptors (Lipinski definition) is 2. The van der Waals surface area contributed by atoms with Crippen LogP contribution in [-0.2, 0) is 0 Å². The third kappa shape index (κ3) is 1.84. The number of hydrogen-bond donors (Lipinski definition) is 2. The van der Waals surface area contributed by atoms with Gasteiger partial charge in [-0.1, -0.05) is 26.0 Å². The molecule has 0 amide bonds. The molecular formula is C12H18N2. The van der Waals surface area contributed by atoms with Crippen LogP contribution in [0, 0.1) is 5.92 Å². The Labute approximate surface area is 85.7 Å². The molecule has 0 bridgehead atoms. The Hall–Kier alpha value is -1.18. The molecule has 76 valence electrons. The predicted molar refractivity (Wildman–Crippen MR) is 61.8 cm³/mol. The van der Waals surface area contributed by atoms with Gasteiger partial charge in [-0.05, 0) is 24.5 Å². The molecule has 14 heavy (non-hydrogen) atoms. The van der Waals surface area contributed by atoms with E-state index in [-0.39, 0.29) is 0 Å². The fourth-order valence-electron chi connectivity index (χ4n) is 1.90. The second-order valence-electron chi connectivity index (χ2n) is 4.26. The Morgan fingerprint density at radius 2 is 1.93 bits per heavy atom. The Kier molecular flexibility index (Phi) is 2.62. The van der Waals surface area contributed by atoms with Crippen LogP contribution in [0.3, 0.4) is 0 Å². The Bertz CT molecular complexity index is 307. The summed E-state index contributed by atoms with van der Waals surface area (Å²) >= 11 is 0. The number of nitrogens with one attached hydrogen (secondary N) is 2. The minimum atomic E-state index is 0.589. The van der Waals surface area contributed by atoms with Crippen LogP contribution >= 0.6 is 0 Å². The van der Waals surface area contributed by atoms with E-state index in [0.29, 0.717) is 12.0 Å². The third-order valence-electron chi connectivity index (χ3n) is 2.84. The Morgan fingerprint density at radius 1 is 1.21 bits per heavy atom. The zero-order valence-electron chi connectivity index (χ0n) is 8.88. The molecule has 0 saturated carbocycles. The van der Waals surface area contributed by atoms with Gasteiger partial charge in [0.2, 0.25) is 0 Å². The van der Waals surface area contributed by atoms with Gasteiger partial charge in [0.15, 0.2) is 0 Å². The minimum absolute atomic E-state index is 0.589. The van der Waals surface area contributed by atoms with E-state index in [9.17, 15) is 0 Å². The fraction of sp³-hybridized carbons (Fsp3) is 0.500. The van der Waals surface area contributed by atoms with Gasteiger partial charge in [0.25, 0.3) is 0 Å². The van der Waals surface area contributed by atoms with Crippen LogP contribution < -0.4 is 10.6 Å². The van der Waals surface area contributed by atoms with Gasteiger partial charge in [-0.15, -0.1) is 0 Å². The van der Waals surface area contributed by atoms with Crippen molar-refractivity contribution in [3.8, 4) is 0 Å². The number of benzene rings is 1. The maximum Gasteiger partial charge on any atom is 0.0578 e. The van der Waals surface area contributed by atoms with Crippen LogP contribution in [-0.4, -0.2) is 12.6 Å². The van der Waals surface area contributed by atoms with Gasteiger partial charge in [-0.2, -0.15) is 0 Å². The lowest BCUT2D eigenvalue weighted by Gasteiger charge is -2.20. The summed E-state index contributed by atoms with van der Waals surface area (Å²) in [5.41, 5.74) is 2.47. The van der Waals surface area contributed by atoms with Crippen molar-refractivity contribution in [1.29, 1.82) is 0 Å². The lowest BCUT2D eigenvalue weighted by atomic mass is 10.0. The maximum absolute atomic E-state index is 3.60. The number of anilines is 2. The fourth-order valence-corrected chi connectivity index (χ4v) is 1.90. The highest BCUT2D eigenvalue weighted by Gasteiger charge is 2.17. The lowest BCUT2D eigenvalue weighted by Crippen LogP contribution is -2.25. The van der Waals surface area contributed by atoms with Crippen molar-refractivity contribution in [2.45, 2.75) is 26.3 Å². The SMILES string of the molecule is CC(C)C1CCNc2ccccc2N1. The van der Waals surface area contributed by atoms with Crippen LogP contribution in [0.25, 0.3) is 0 Å². The van der Waals surface area contributed by atoms with Gasteiger partial charge >= 0.3 is 0 Å². The molecule has 2 N–H and O–H groups in total. The zero-order valence-corrected chi connectivity index (χ0v) is 8.88. The molecule has 0 aliphatic carbocycles. The van der Waals surface area contributed by atoms with E-state index in [1.165, 1.54) is 17.8 Å². The summed E-state index contributed by atoms with van der Waals surface area (Å²) in [6, 6.07) is 9.01. The van der Waals surface area contributed by atoms with Crippen molar-refractivity contribution < 1.29 is 0 Å². The van der Waals surface area contributed by atoms with Crippen LogP contribution in [0.4, 0.5) is 11.4 Å². The number of para-hydroxylation sites is 2. The molecule has 1 aliphatic rings. The molecule has 0 fully saturated rings. The smallest absolute Gasteiger partial charge is 0.0578 e. The average molecular weight is 190 g/mol. The van der Waals surface area contributed by atoms with Gasteiger partial charge in [-0.25, -0.2) is 0 Å². The van der Waals surface area contributed by atoms with Crippen molar-refractivity contribution in [1.82, 2.24) is 0 Å². The standard InChI is InChI=1S/C12H18N2/c1-9(2)10-7-8-13-11-5-3-4-6-12(11)14-10/h3-6,9-10,13-14H,7-8H2,1-2H3. The summed E-state index contributed by atoms with van der Waals surface area (Å²) in [7, 11) is 0. The molecule has 2 heteroatoms. The third-order valence-corrected chi connectivity index (χ3v) is 2.84. The first kappa shape index (κ1) is 9.38. The topological polar surface area (TPSA) is 24.1 Å². The number of rotatable bonds is 1. The van der Waals surface area contributed by atoms with E-state index < -0.39 is 0 Å². The van der Waals surface area contributed by atoms with E-state index in [1.807, 2.05) is 0 Å². The monoisotopic (exact) mass is 190 g/mol. The zero-order chi connectivity index (χ0) is 9.97. The van der Waals surface area contributed by atoms with Crippen molar-refractivity contribution in [2.75, 3.05) is 17.2 Å². The van der Waals surface area contributed by atoms with E-state index >= 15 is 0 Å². The molecule has 0 saturated heterocycles. The summed E-state index contributed by atoms with van der Waals surface area (Å²) < 4.78 is 0. The molecule has 0 aromatic heterocycles. The minimum Gasteiger partial charge on any atom is -0.383 e. The van der Waals surface area contributed by atoms with Gasteiger partial charge in [0.1, 0.15) is 0 Å². The maximum atomic E-state index is 3.60. The largest absolute Gasteiger partial charge is 0.383 e. The number of fused-ring (bicyclic) bond motifs is 1. The predicted octanol–water partition coefficient (Wildman–Crippen LogP) is 2.94. The molecule has 1 atom stereocenters. The van der Waals surface area contributed by atoms with Crippen LogP contribution in [0.1, 0.15) is 20.3 Å². The molecule has 2 rings (SSSR count). The van der Waals surface area contributed by atoms with Crippen molar-refractivity contribution in [3.05, 3.63) is 24.3 Å². The summed E-state index contributed by atoms with van der Waals surface area (Å²) in [4.78, 5) is 0. The highest BCUT2D eigenvalue weighted by molar-refractivity contribution is 5.69. The van der Waals surface area contributed by atoms with Crippen molar-refractivity contribution >= 4 is 11.4 Å². The Morgan fingerprint density at radius 3 is 2.64 bits per heavy atom. The van der Waals surface area contributed by atoms with Crippen LogP contribution in [0.2, 0.25) is 0 Å². The quantitative estimate of drug-likeness (QED) is 0.711. The molecule has 1 aromatic carbocycles. The molecule has 1 aromatic rings. The van der Waals surface area contributed by atoms with Gasteiger partial charge in [-0.3, -0.25) is 0 Å². The molecule has 1 aliphatic heterocycles. The first-order valence-corrected chi connectivity index (χ1v) is 5.37. The van der Waals surface area contributed by atoms with Crippen LogP contribution in [0.15, 0.2) is 24.3 Å². The second kappa shape index (κ2) is 3.91. The van der Waals surface area contributed by atoms with Gasteiger partial charge in [0.05, 0.1) is 11.4 Å². The van der Waals surface area contributed by atoms with Crippen LogP contribution in [0.5, 0.6) is 0 Å². The Balaban J connectivity index is 2.22. The second-order valence-corrected chi connectivity index (χ2v) is 4.26. The van der Waals surface area contributed by atoms with E-state index in [0.717, 1.165) is 6.54 Å². The molecule has 1 unspecified atom stereocenters. The lowest BCUT2D eigenvalue weighted by molar-refractivity contribution is 0.507. The summed E-state index contributed by atoms with van der Waals surface area (Å²) in [5.74, 6) is 0.683. The molecule has 2 nitrogen and oxygen atoms in total. The summed E-state index contributed by atoms with van der Waals surface area (Å²) in [6.07, 6.45) is 1.19. The molecule has 0 radical (unpaired) electrons. The normalized spacial score (nSPS) is 20.6. The first-order valence-electron chi connectivity index (χ1n) is 5.37. The average Bonchev–Trinajstić information content (AvgIpc) is 2.39. The molecule has 0 spiro atoms. The van der Waals surface area contributed by atoms with Crippen molar-refractivity contribution in [2.24, 2.45) is 5.92 Å². The molecule has 1 heterocycles. The summed E-state index contributed by atoms with van der Waals surface area (Å²) in [6.45, 7) is 5.60. The molecular weight excluding hydrogens is 172 g/mol. The van der Waals surface area contributed by atoms with Gasteiger partial charge < -0.3 is 10.6 Å². The first-order chi connectivity index (χ1) is 6.77. The van der Waals surface area contributed by atoms with E-state index in [2.05, 4.69) is 48.7 Å². The van der Waals surface area contributed by atoms with Gasteiger partial charge in [0, 0.05) is 12.6 Å². The van der Waals surface area contributed by atoms with E-state index in [1.54, 1.807) is 0 Å². The summed E-state index contributed by atoms with van der Waals surface area (Å²) in [5, 5.41) is 7.04. The van der Waals surface area contributed by atoms with Crippen molar-refractivity contribution in [3.63, 3.8) is 0 Å². The van der Waals surface area contributed by atoms with E-state index in [4.69, 9.17) is 0 Å².